The highest BCUT2D eigenvalue weighted by molar-refractivity contribution is 6.51. The summed E-state index contributed by atoms with van der Waals surface area (Å²) in [4.78, 5) is 41.0. The van der Waals surface area contributed by atoms with Crippen molar-refractivity contribution in [3.8, 4) is 11.5 Å². The monoisotopic (exact) mass is 557 g/mol. The largest absolute Gasteiger partial charge is 0.507 e. The number of amides is 1. The third kappa shape index (κ3) is 5.82. The number of carbonyl (C=O) groups excluding carboxylic acids is 3. The first-order valence-electron chi connectivity index (χ1n) is 13.5. The van der Waals surface area contributed by atoms with Crippen molar-refractivity contribution in [2.75, 3.05) is 25.2 Å². The quantitative estimate of drug-likeness (QED) is 0.152. The molecule has 1 atom stereocenters. The highest BCUT2D eigenvalue weighted by atomic mass is 16.5. The number of esters is 1. The number of nitrogens with zero attached hydrogens (tertiary/aromatic N) is 1. The number of ether oxygens (including phenoxy) is 3. The van der Waals surface area contributed by atoms with Gasteiger partial charge in [0, 0.05) is 16.8 Å². The first kappa shape index (κ1) is 29.4. The van der Waals surface area contributed by atoms with E-state index in [9.17, 15) is 19.5 Å². The van der Waals surface area contributed by atoms with Gasteiger partial charge in [-0.15, -0.1) is 0 Å². The first-order chi connectivity index (χ1) is 19.5. The molecule has 1 N–H and O–H groups in total. The zero-order valence-electron chi connectivity index (χ0n) is 24.2. The van der Waals surface area contributed by atoms with Gasteiger partial charge >= 0.3 is 5.97 Å². The molecule has 1 heterocycles. The van der Waals surface area contributed by atoms with Crippen LogP contribution in [-0.4, -0.2) is 43.1 Å². The van der Waals surface area contributed by atoms with Crippen LogP contribution in [0.25, 0.3) is 5.76 Å². The summed E-state index contributed by atoms with van der Waals surface area (Å²) in [6.07, 6.45) is 0. The minimum absolute atomic E-state index is 0.0752. The van der Waals surface area contributed by atoms with Crippen molar-refractivity contribution < 1.29 is 33.7 Å². The van der Waals surface area contributed by atoms with E-state index >= 15 is 0 Å². The van der Waals surface area contributed by atoms with E-state index in [2.05, 4.69) is 0 Å². The maximum absolute atomic E-state index is 13.7. The molecular formula is C33H35NO7. The number of hydrogen-bond acceptors (Lipinski definition) is 7. The van der Waals surface area contributed by atoms with Crippen LogP contribution in [0.1, 0.15) is 67.7 Å². The molecule has 0 bridgehead atoms. The molecule has 0 aliphatic carbocycles. The van der Waals surface area contributed by atoms with Gasteiger partial charge in [-0.25, -0.2) is 4.79 Å². The number of carbonyl (C=O) groups is 3. The number of ketones is 1. The van der Waals surface area contributed by atoms with Gasteiger partial charge in [-0.3, -0.25) is 14.5 Å². The summed E-state index contributed by atoms with van der Waals surface area (Å²) in [6.45, 7) is 10.3. The topological polar surface area (TPSA) is 102 Å². The lowest BCUT2D eigenvalue weighted by molar-refractivity contribution is -0.132. The van der Waals surface area contributed by atoms with Gasteiger partial charge in [0.2, 0.25) is 0 Å². The molecule has 0 spiro atoms. The van der Waals surface area contributed by atoms with Gasteiger partial charge < -0.3 is 19.3 Å². The predicted octanol–water partition coefficient (Wildman–Crippen LogP) is 6.19. The van der Waals surface area contributed by atoms with Crippen molar-refractivity contribution in [3.63, 3.8) is 0 Å². The average molecular weight is 558 g/mol. The van der Waals surface area contributed by atoms with Gasteiger partial charge in [-0.1, -0.05) is 39.0 Å². The van der Waals surface area contributed by atoms with E-state index in [1.807, 2.05) is 27.7 Å². The molecule has 41 heavy (non-hydrogen) atoms. The van der Waals surface area contributed by atoms with Crippen molar-refractivity contribution in [1.29, 1.82) is 0 Å². The summed E-state index contributed by atoms with van der Waals surface area (Å²) in [5.74, 6) is -1.34. The van der Waals surface area contributed by atoms with Crippen LogP contribution in [-0.2, 0) is 19.7 Å². The average Bonchev–Trinajstić information content (AvgIpc) is 3.22. The van der Waals surface area contributed by atoms with Crippen LogP contribution in [0.2, 0.25) is 0 Å². The Hall–Kier alpha value is -4.59. The van der Waals surface area contributed by atoms with E-state index in [4.69, 9.17) is 14.2 Å². The molecule has 3 aromatic rings. The van der Waals surface area contributed by atoms with Crippen LogP contribution in [0.5, 0.6) is 11.5 Å². The maximum Gasteiger partial charge on any atom is 0.338 e. The van der Waals surface area contributed by atoms with Gasteiger partial charge in [0.05, 0.1) is 37.5 Å². The molecule has 1 aliphatic rings. The number of aliphatic hydroxyl groups is 1. The lowest BCUT2D eigenvalue weighted by atomic mass is 9.84. The standard InChI is InChI=1S/C33H35NO7/c1-7-40-26-16-15-21(19-25(26)33(3,4)5)29(35)27-28(20-11-10-14-24(18-20)39-6)34(31(37)30(27)36)23-13-9-12-22(17-23)32(38)41-8-2/h9-19,28,35H,7-8H2,1-6H3/b29-27-. The van der Waals surface area contributed by atoms with Crippen molar-refractivity contribution in [2.24, 2.45) is 0 Å². The number of anilines is 1. The smallest absolute Gasteiger partial charge is 0.338 e. The van der Waals surface area contributed by atoms with E-state index in [-0.39, 0.29) is 28.9 Å². The van der Waals surface area contributed by atoms with Crippen LogP contribution in [0, 0.1) is 0 Å². The fourth-order valence-electron chi connectivity index (χ4n) is 4.92. The molecule has 1 fully saturated rings. The number of benzene rings is 3. The van der Waals surface area contributed by atoms with Crippen LogP contribution in [0.15, 0.2) is 72.3 Å². The Morgan fingerprint density at radius 2 is 1.66 bits per heavy atom. The minimum atomic E-state index is -0.993. The molecule has 4 rings (SSSR count). The molecular weight excluding hydrogens is 522 g/mol. The van der Waals surface area contributed by atoms with Crippen LogP contribution < -0.4 is 14.4 Å². The minimum Gasteiger partial charge on any atom is -0.507 e. The summed E-state index contributed by atoms with van der Waals surface area (Å²) < 4.78 is 16.4. The van der Waals surface area contributed by atoms with Gasteiger partial charge in [0.25, 0.3) is 11.7 Å². The van der Waals surface area contributed by atoms with Crippen LogP contribution >= 0.6 is 0 Å². The van der Waals surface area contributed by atoms with Gasteiger partial charge in [0.15, 0.2) is 0 Å². The van der Waals surface area contributed by atoms with Gasteiger partial charge in [-0.2, -0.15) is 0 Å². The molecule has 0 saturated carbocycles. The zero-order chi connectivity index (χ0) is 29.9. The normalized spacial score (nSPS) is 16.5. The molecule has 1 unspecified atom stereocenters. The Morgan fingerprint density at radius 3 is 2.32 bits per heavy atom. The van der Waals surface area contributed by atoms with E-state index in [1.165, 1.54) is 18.1 Å². The summed E-state index contributed by atoms with van der Waals surface area (Å²) in [7, 11) is 1.52. The maximum atomic E-state index is 13.7. The van der Waals surface area contributed by atoms with Crippen LogP contribution in [0.4, 0.5) is 5.69 Å². The third-order valence-electron chi connectivity index (χ3n) is 6.85. The Kier molecular flexibility index (Phi) is 8.52. The highest BCUT2D eigenvalue weighted by Gasteiger charge is 2.47. The summed E-state index contributed by atoms with van der Waals surface area (Å²) in [6, 6.07) is 17.5. The van der Waals surface area contributed by atoms with Gasteiger partial charge in [0.1, 0.15) is 17.3 Å². The van der Waals surface area contributed by atoms with E-state index in [0.717, 1.165) is 5.56 Å². The number of methoxy groups -OCH3 is 1. The van der Waals surface area contributed by atoms with E-state index in [1.54, 1.807) is 67.6 Å². The Balaban J connectivity index is 1.95. The molecule has 3 aromatic carbocycles. The Bertz CT molecular complexity index is 1520. The molecule has 214 valence electrons. The van der Waals surface area contributed by atoms with E-state index in [0.29, 0.717) is 34.9 Å². The summed E-state index contributed by atoms with van der Waals surface area (Å²) in [5.41, 5.74) is 1.92. The van der Waals surface area contributed by atoms with Crippen molar-refractivity contribution >= 4 is 29.1 Å². The van der Waals surface area contributed by atoms with E-state index < -0.39 is 23.7 Å². The lowest BCUT2D eigenvalue weighted by Crippen LogP contribution is -2.29. The number of aliphatic hydroxyl groups excluding tert-OH is 1. The molecule has 1 saturated heterocycles. The third-order valence-corrected chi connectivity index (χ3v) is 6.85. The molecule has 0 aromatic heterocycles. The zero-order valence-corrected chi connectivity index (χ0v) is 24.2. The molecule has 8 heteroatoms. The number of Topliss-reactive ketones (excluding diaryl/α,β-unsaturated/α-hetero) is 1. The summed E-state index contributed by atoms with van der Waals surface area (Å²) >= 11 is 0. The molecule has 1 amide bonds. The second kappa shape index (κ2) is 11.9. The Labute approximate surface area is 240 Å². The van der Waals surface area contributed by atoms with Crippen molar-refractivity contribution in [2.45, 2.75) is 46.1 Å². The lowest BCUT2D eigenvalue weighted by Gasteiger charge is -2.26. The van der Waals surface area contributed by atoms with Crippen LogP contribution in [0.3, 0.4) is 0 Å². The molecule has 0 radical (unpaired) electrons. The highest BCUT2D eigenvalue weighted by Crippen LogP contribution is 2.44. The fourth-order valence-corrected chi connectivity index (χ4v) is 4.92. The Morgan fingerprint density at radius 1 is 0.927 bits per heavy atom. The first-order valence-corrected chi connectivity index (χ1v) is 13.5. The summed E-state index contributed by atoms with van der Waals surface area (Å²) in [5, 5.41) is 11.7. The SMILES string of the molecule is CCOC(=O)c1cccc(N2C(=O)C(=O)/C(=C(\O)c3ccc(OCC)c(C(C)(C)C)c3)C2c2cccc(OC)c2)c1. The second-order valence-corrected chi connectivity index (χ2v) is 10.6. The number of rotatable bonds is 8. The van der Waals surface area contributed by atoms with Crippen molar-refractivity contribution in [3.05, 3.63) is 94.6 Å². The van der Waals surface area contributed by atoms with Gasteiger partial charge in [-0.05, 0) is 73.4 Å². The fraction of sp³-hybridized carbons (Fsp3) is 0.303. The molecule has 1 aliphatic heterocycles. The predicted molar refractivity (Wildman–Crippen MR) is 156 cm³/mol. The second-order valence-electron chi connectivity index (χ2n) is 10.6. The van der Waals surface area contributed by atoms with Crippen molar-refractivity contribution in [1.82, 2.24) is 0 Å². The number of hydrogen-bond donors (Lipinski definition) is 1. The molecule has 8 nitrogen and oxygen atoms in total.